The largest absolute Gasteiger partial charge is 0.363 e. The van der Waals surface area contributed by atoms with E-state index in [1.54, 1.807) is 42.6 Å². The molecule has 1 saturated heterocycles. The average molecular weight is 388 g/mol. The second kappa shape index (κ2) is 8.06. The van der Waals surface area contributed by atoms with Crippen molar-refractivity contribution in [2.24, 2.45) is 0 Å². The number of carbonyl (C=O) groups is 1. The summed E-state index contributed by atoms with van der Waals surface area (Å²) in [4.78, 5) is 18.6. The molecule has 144 valence electrons. The highest BCUT2D eigenvalue weighted by molar-refractivity contribution is 7.89. The molecule has 3 rings (SSSR count). The van der Waals surface area contributed by atoms with Crippen LogP contribution in [0.4, 0.5) is 5.82 Å². The van der Waals surface area contributed by atoms with Crippen molar-refractivity contribution in [1.29, 1.82) is 0 Å². The van der Waals surface area contributed by atoms with Crippen LogP contribution in [0.3, 0.4) is 0 Å². The molecule has 1 N–H and O–H groups in total. The smallest absolute Gasteiger partial charge is 0.251 e. The van der Waals surface area contributed by atoms with Gasteiger partial charge in [0.25, 0.3) is 5.91 Å². The Morgan fingerprint density at radius 1 is 1.15 bits per heavy atom. The third kappa shape index (κ3) is 4.45. The second-order valence-electron chi connectivity index (χ2n) is 6.73. The lowest BCUT2D eigenvalue weighted by molar-refractivity contribution is 0.0951. The van der Waals surface area contributed by atoms with Gasteiger partial charge in [-0.05, 0) is 42.7 Å². The van der Waals surface area contributed by atoms with Gasteiger partial charge in [0.15, 0.2) is 0 Å². The molecule has 1 aromatic carbocycles. The summed E-state index contributed by atoms with van der Waals surface area (Å²) in [6.45, 7) is 1.49. The number of aromatic nitrogens is 1. The average Bonchev–Trinajstić information content (AvgIpc) is 3.22. The predicted molar refractivity (Wildman–Crippen MR) is 104 cm³/mol. The Morgan fingerprint density at radius 3 is 2.44 bits per heavy atom. The van der Waals surface area contributed by atoms with Crippen molar-refractivity contribution in [3.63, 3.8) is 0 Å². The molecule has 0 atom stereocenters. The Bertz CT molecular complexity index is 905. The minimum absolute atomic E-state index is 0.200. The number of nitrogens with one attached hydrogen (secondary N) is 1. The van der Waals surface area contributed by atoms with Crippen LogP contribution in [0, 0.1) is 0 Å². The van der Waals surface area contributed by atoms with Gasteiger partial charge in [-0.2, -0.15) is 4.31 Å². The van der Waals surface area contributed by atoms with E-state index in [1.807, 2.05) is 19.0 Å². The van der Waals surface area contributed by atoms with Gasteiger partial charge in [0.2, 0.25) is 10.0 Å². The number of nitrogens with zero attached hydrogens (tertiary/aromatic N) is 3. The summed E-state index contributed by atoms with van der Waals surface area (Å²) in [5, 5.41) is 2.85. The van der Waals surface area contributed by atoms with Gasteiger partial charge in [-0.3, -0.25) is 4.79 Å². The molecule has 1 aliphatic heterocycles. The molecule has 0 spiro atoms. The minimum atomic E-state index is -3.41. The van der Waals surface area contributed by atoms with Gasteiger partial charge in [0.05, 0.1) is 4.90 Å². The van der Waals surface area contributed by atoms with Crippen molar-refractivity contribution in [2.75, 3.05) is 32.1 Å². The van der Waals surface area contributed by atoms with Crippen molar-refractivity contribution in [3.05, 3.63) is 53.7 Å². The summed E-state index contributed by atoms with van der Waals surface area (Å²) in [5.41, 5.74) is 1.37. The molecule has 27 heavy (non-hydrogen) atoms. The van der Waals surface area contributed by atoms with Crippen LogP contribution in [0.1, 0.15) is 28.8 Å². The van der Waals surface area contributed by atoms with E-state index in [-0.39, 0.29) is 5.91 Å². The van der Waals surface area contributed by atoms with E-state index in [0.717, 1.165) is 18.4 Å². The normalized spacial score (nSPS) is 14.9. The van der Waals surface area contributed by atoms with Crippen LogP contribution in [0.2, 0.25) is 0 Å². The van der Waals surface area contributed by atoms with E-state index in [0.29, 0.717) is 35.9 Å². The fraction of sp³-hybridized carbons (Fsp3) is 0.368. The summed E-state index contributed by atoms with van der Waals surface area (Å²) in [5.74, 6) is 0.508. The topological polar surface area (TPSA) is 82.6 Å². The zero-order chi connectivity index (χ0) is 19.4. The number of benzene rings is 1. The fourth-order valence-electron chi connectivity index (χ4n) is 2.95. The zero-order valence-corrected chi connectivity index (χ0v) is 16.4. The van der Waals surface area contributed by atoms with Crippen LogP contribution in [0.25, 0.3) is 0 Å². The Morgan fingerprint density at radius 2 is 1.81 bits per heavy atom. The molecule has 1 amide bonds. The Labute approximate surface area is 160 Å². The van der Waals surface area contributed by atoms with Gasteiger partial charge < -0.3 is 10.2 Å². The Balaban J connectivity index is 1.63. The highest BCUT2D eigenvalue weighted by Gasteiger charge is 2.26. The maximum absolute atomic E-state index is 12.5. The lowest BCUT2D eigenvalue weighted by Crippen LogP contribution is -2.28. The van der Waals surface area contributed by atoms with E-state index in [2.05, 4.69) is 10.3 Å². The van der Waals surface area contributed by atoms with Crippen molar-refractivity contribution in [1.82, 2.24) is 14.6 Å². The molecule has 0 aliphatic carbocycles. The van der Waals surface area contributed by atoms with E-state index >= 15 is 0 Å². The first kappa shape index (κ1) is 19.3. The molecule has 1 aromatic heterocycles. The first-order valence-electron chi connectivity index (χ1n) is 8.88. The molecule has 2 heterocycles. The van der Waals surface area contributed by atoms with Crippen LogP contribution in [-0.4, -0.2) is 50.8 Å². The third-order valence-corrected chi connectivity index (χ3v) is 6.46. The molecular weight excluding hydrogens is 364 g/mol. The van der Waals surface area contributed by atoms with Gasteiger partial charge in [-0.15, -0.1) is 0 Å². The lowest BCUT2D eigenvalue weighted by atomic mass is 10.2. The lowest BCUT2D eigenvalue weighted by Gasteiger charge is -2.15. The molecular formula is C19H24N4O3S. The molecule has 8 heteroatoms. The standard InChI is InChI=1S/C19H24N4O3S/c1-22(2)18-13-16(9-10-20-18)19(24)21-14-15-5-7-17(8-6-15)27(25,26)23-11-3-4-12-23/h5-10,13H,3-4,11-12,14H2,1-2H3,(H,21,24). The number of anilines is 1. The molecule has 0 radical (unpaired) electrons. The Kier molecular flexibility index (Phi) is 5.76. The molecule has 1 aliphatic rings. The number of hydrogen-bond donors (Lipinski definition) is 1. The van der Waals surface area contributed by atoms with Gasteiger partial charge >= 0.3 is 0 Å². The summed E-state index contributed by atoms with van der Waals surface area (Å²) >= 11 is 0. The third-order valence-electron chi connectivity index (χ3n) is 4.55. The van der Waals surface area contributed by atoms with Crippen LogP contribution in [-0.2, 0) is 16.6 Å². The first-order valence-corrected chi connectivity index (χ1v) is 10.3. The molecule has 0 saturated carbocycles. The van der Waals surface area contributed by atoms with Crippen LogP contribution < -0.4 is 10.2 Å². The van der Waals surface area contributed by atoms with Crippen LogP contribution >= 0.6 is 0 Å². The van der Waals surface area contributed by atoms with E-state index in [4.69, 9.17) is 0 Å². The number of rotatable bonds is 6. The maximum Gasteiger partial charge on any atom is 0.251 e. The number of amides is 1. The number of sulfonamides is 1. The Hall–Kier alpha value is -2.45. The molecule has 7 nitrogen and oxygen atoms in total. The fourth-order valence-corrected chi connectivity index (χ4v) is 4.46. The monoisotopic (exact) mass is 388 g/mol. The van der Waals surface area contributed by atoms with Gasteiger partial charge in [0.1, 0.15) is 5.82 Å². The van der Waals surface area contributed by atoms with Crippen molar-refractivity contribution < 1.29 is 13.2 Å². The SMILES string of the molecule is CN(C)c1cc(C(=O)NCc2ccc(S(=O)(=O)N3CCCC3)cc2)ccn1. The predicted octanol–water partition coefficient (Wildman–Crippen LogP) is 1.86. The van der Waals surface area contributed by atoms with Crippen molar-refractivity contribution >= 4 is 21.7 Å². The molecule has 2 aromatic rings. The van der Waals surface area contributed by atoms with E-state index in [9.17, 15) is 13.2 Å². The van der Waals surface area contributed by atoms with Crippen molar-refractivity contribution in [2.45, 2.75) is 24.3 Å². The van der Waals surface area contributed by atoms with E-state index in [1.165, 1.54) is 4.31 Å². The van der Waals surface area contributed by atoms with Gasteiger partial charge in [-0.1, -0.05) is 12.1 Å². The van der Waals surface area contributed by atoms with Gasteiger partial charge in [0, 0.05) is 45.5 Å². The molecule has 0 unspecified atom stereocenters. The maximum atomic E-state index is 12.5. The van der Waals surface area contributed by atoms with Gasteiger partial charge in [-0.25, -0.2) is 13.4 Å². The summed E-state index contributed by atoms with van der Waals surface area (Å²) in [7, 11) is 0.317. The molecule has 1 fully saturated rings. The number of pyridine rings is 1. The molecule has 0 bridgehead atoms. The van der Waals surface area contributed by atoms with E-state index < -0.39 is 10.0 Å². The van der Waals surface area contributed by atoms with Crippen LogP contribution in [0.15, 0.2) is 47.5 Å². The van der Waals surface area contributed by atoms with Crippen molar-refractivity contribution in [3.8, 4) is 0 Å². The first-order chi connectivity index (χ1) is 12.9. The highest BCUT2D eigenvalue weighted by Crippen LogP contribution is 2.21. The van der Waals surface area contributed by atoms with Crippen LogP contribution in [0.5, 0.6) is 0 Å². The quantitative estimate of drug-likeness (QED) is 0.817. The summed E-state index contributed by atoms with van der Waals surface area (Å²) < 4.78 is 26.6. The highest BCUT2D eigenvalue weighted by atomic mass is 32.2. The zero-order valence-electron chi connectivity index (χ0n) is 15.6. The minimum Gasteiger partial charge on any atom is -0.363 e. The second-order valence-corrected chi connectivity index (χ2v) is 8.67. The summed E-state index contributed by atoms with van der Waals surface area (Å²) in [6.07, 6.45) is 3.42. The number of carbonyl (C=O) groups excluding carboxylic acids is 1. The summed E-state index contributed by atoms with van der Waals surface area (Å²) in [6, 6.07) is 10.1. The number of hydrogen-bond acceptors (Lipinski definition) is 5.